The van der Waals surface area contributed by atoms with Crippen molar-refractivity contribution >= 4 is 16.9 Å². The van der Waals surface area contributed by atoms with E-state index in [-0.39, 0.29) is 11.6 Å². The molecule has 0 radical (unpaired) electrons. The minimum absolute atomic E-state index is 0.229. The van der Waals surface area contributed by atoms with Gasteiger partial charge in [-0.1, -0.05) is 11.6 Å². The standard InChI is InChI=1S/C19H19N3O3/c1-12-2-3-18-16(8-12)17(21-22(18)14-5-7-25-11-14)9-13-10-20-6-4-15(13)19(23)24/h2-4,6,8,10,14H,5,7,9,11H2,1H3,(H,23,24)/t14-/m0/s1. The van der Waals surface area contributed by atoms with Gasteiger partial charge in [0.25, 0.3) is 0 Å². The Hall–Kier alpha value is -2.73. The Kier molecular flexibility index (Phi) is 3.97. The second kappa shape index (κ2) is 6.29. The smallest absolute Gasteiger partial charge is 0.336 e. The average molecular weight is 337 g/mol. The third kappa shape index (κ3) is 2.89. The Morgan fingerprint density at radius 1 is 1.40 bits per heavy atom. The lowest BCUT2D eigenvalue weighted by Gasteiger charge is -2.09. The number of hydrogen-bond donors (Lipinski definition) is 1. The Labute approximate surface area is 145 Å². The molecule has 1 fully saturated rings. The molecule has 128 valence electrons. The Balaban J connectivity index is 1.82. The molecule has 1 N–H and O–H groups in total. The number of rotatable bonds is 4. The molecule has 1 atom stereocenters. The summed E-state index contributed by atoms with van der Waals surface area (Å²) in [4.78, 5) is 15.6. The average Bonchev–Trinajstić information content (AvgIpc) is 3.23. The second-order valence-electron chi connectivity index (χ2n) is 6.44. The number of carbonyl (C=O) groups is 1. The molecule has 0 unspecified atom stereocenters. The lowest BCUT2D eigenvalue weighted by atomic mass is 10.0. The van der Waals surface area contributed by atoms with Crippen molar-refractivity contribution in [1.29, 1.82) is 0 Å². The van der Waals surface area contributed by atoms with Crippen LogP contribution < -0.4 is 0 Å². The minimum Gasteiger partial charge on any atom is -0.478 e. The maximum Gasteiger partial charge on any atom is 0.336 e. The van der Waals surface area contributed by atoms with Gasteiger partial charge in [0.05, 0.1) is 29.4 Å². The van der Waals surface area contributed by atoms with Gasteiger partial charge in [-0.15, -0.1) is 0 Å². The van der Waals surface area contributed by atoms with Gasteiger partial charge in [-0.2, -0.15) is 5.10 Å². The lowest BCUT2D eigenvalue weighted by molar-refractivity contribution is 0.0695. The molecule has 0 aliphatic carbocycles. The van der Waals surface area contributed by atoms with Crippen molar-refractivity contribution in [2.45, 2.75) is 25.8 Å². The zero-order valence-electron chi connectivity index (χ0n) is 14.0. The van der Waals surface area contributed by atoms with Crippen molar-refractivity contribution in [2.75, 3.05) is 13.2 Å². The number of carboxylic acid groups (broad SMARTS) is 1. The van der Waals surface area contributed by atoms with Crippen LogP contribution >= 0.6 is 0 Å². The van der Waals surface area contributed by atoms with Gasteiger partial charge < -0.3 is 9.84 Å². The van der Waals surface area contributed by atoms with Crippen molar-refractivity contribution in [2.24, 2.45) is 0 Å². The molecule has 6 heteroatoms. The van der Waals surface area contributed by atoms with E-state index in [1.165, 1.54) is 12.3 Å². The molecule has 0 amide bonds. The molecule has 0 bridgehead atoms. The second-order valence-corrected chi connectivity index (χ2v) is 6.44. The quantitative estimate of drug-likeness (QED) is 0.792. The number of aromatic nitrogens is 3. The van der Waals surface area contributed by atoms with Crippen LogP contribution in [0.2, 0.25) is 0 Å². The van der Waals surface area contributed by atoms with Crippen LogP contribution in [0.15, 0.2) is 36.7 Å². The number of benzene rings is 1. The van der Waals surface area contributed by atoms with Crippen LogP contribution in [0.25, 0.3) is 10.9 Å². The maximum atomic E-state index is 11.5. The molecule has 25 heavy (non-hydrogen) atoms. The van der Waals surface area contributed by atoms with E-state index in [1.807, 2.05) is 11.6 Å². The summed E-state index contributed by atoms with van der Waals surface area (Å²) in [7, 11) is 0. The summed E-state index contributed by atoms with van der Waals surface area (Å²) in [5.74, 6) is -0.943. The van der Waals surface area contributed by atoms with E-state index in [4.69, 9.17) is 9.84 Å². The van der Waals surface area contributed by atoms with Gasteiger partial charge in [-0.05, 0) is 37.1 Å². The molecule has 2 aromatic heterocycles. The van der Waals surface area contributed by atoms with Crippen LogP contribution in [0.3, 0.4) is 0 Å². The fourth-order valence-corrected chi connectivity index (χ4v) is 3.40. The van der Waals surface area contributed by atoms with E-state index in [9.17, 15) is 9.90 Å². The topological polar surface area (TPSA) is 77.2 Å². The minimum atomic E-state index is -0.943. The summed E-state index contributed by atoms with van der Waals surface area (Å²) in [6.45, 7) is 3.46. The normalized spacial score (nSPS) is 17.2. The maximum absolute atomic E-state index is 11.5. The highest BCUT2D eigenvalue weighted by atomic mass is 16.5. The van der Waals surface area contributed by atoms with Crippen molar-refractivity contribution in [1.82, 2.24) is 14.8 Å². The molecule has 0 saturated carbocycles. The van der Waals surface area contributed by atoms with Gasteiger partial charge >= 0.3 is 5.97 Å². The molecule has 1 saturated heterocycles. The molecular weight excluding hydrogens is 318 g/mol. The predicted molar refractivity (Wildman–Crippen MR) is 92.9 cm³/mol. The Morgan fingerprint density at radius 2 is 2.28 bits per heavy atom. The Bertz CT molecular complexity index is 942. The van der Waals surface area contributed by atoms with E-state index in [2.05, 4.69) is 23.2 Å². The molecule has 6 nitrogen and oxygen atoms in total. The van der Waals surface area contributed by atoms with Gasteiger partial charge in [0.2, 0.25) is 0 Å². The highest BCUT2D eigenvalue weighted by molar-refractivity contribution is 5.90. The highest BCUT2D eigenvalue weighted by Crippen LogP contribution is 2.28. The fourth-order valence-electron chi connectivity index (χ4n) is 3.40. The molecule has 3 heterocycles. The summed E-state index contributed by atoms with van der Waals surface area (Å²) in [6.07, 6.45) is 4.50. The number of pyridine rings is 1. The van der Waals surface area contributed by atoms with E-state index in [0.29, 0.717) is 18.6 Å². The van der Waals surface area contributed by atoms with Gasteiger partial charge in [-0.25, -0.2) is 4.79 Å². The molecule has 1 aliphatic heterocycles. The third-order valence-electron chi connectivity index (χ3n) is 4.68. The number of fused-ring (bicyclic) bond motifs is 1. The summed E-state index contributed by atoms with van der Waals surface area (Å²) in [6, 6.07) is 8.04. The summed E-state index contributed by atoms with van der Waals surface area (Å²) < 4.78 is 7.55. The lowest BCUT2D eigenvalue weighted by Crippen LogP contribution is -2.11. The van der Waals surface area contributed by atoms with Crippen molar-refractivity contribution in [3.8, 4) is 0 Å². The largest absolute Gasteiger partial charge is 0.478 e. The molecule has 4 rings (SSSR count). The van der Waals surface area contributed by atoms with Crippen LogP contribution in [0, 0.1) is 6.92 Å². The van der Waals surface area contributed by atoms with Gasteiger partial charge in [0, 0.05) is 30.8 Å². The number of aromatic carboxylic acids is 1. The monoisotopic (exact) mass is 337 g/mol. The zero-order chi connectivity index (χ0) is 17.4. The SMILES string of the molecule is Cc1ccc2c(c1)c(Cc1cnccc1C(=O)O)nn2[C@H]1CCOC1. The van der Waals surface area contributed by atoms with E-state index >= 15 is 0 Å². The van der Waals surface area contributed by atoms with Gasteiger partial charge in [0.1, 0.15) is 0 Å². The molecular formula is C19H19N3O3. The predicted octanol–water partition coefficient (Wildman–Crippen LogP) is 2.99. The number of aryl methyl sites for hydroxylation is 1. The van der Waals surface area contributed by atoms with Gasteiger partial charge in [-0.3, -0.25) is 9.67 Å². The molecule has 3 aromatic rings. The van der Waals surface area contributed by atoms with E-state index < -0.39 is 5.97 Å². The van der Waals surface area contributed by atoms with Crippen molar-refractivity contribution in [3.63, 3.8) is 0 Å². The van der Waals surface area contributed by atoms with Gasteiger partial charge in [0.15, 0.2) is 0 Å². The van der Waals surface area contributed by atoms with E-state index in [1.54, 1.807) is 6.20 Å². The van der Waals surface area contributed by atoms with Crippen LogP contribution in [-0.4, -0.2) is 39.1 Å². The summed E-state index contributed by atoms with van der Waals surface area (Å²) >= 11 is 0. The van der Waals surface area contributed by atoms with Crippen LogP contribution in [0.1, 0.15) is 39.6 Å². The first-order chi connectivity index (χ1) is 12.1. The molecule has 1 aliphatic rings. The van der Waals surface area contributed by atoms with Crippen LogP contribution in [0.4, 0.5) is 0 Å². The first-order valence-electron chi connectivity index (χ1n) is 8.35. The van der Waals surface area contributed by atoms with Crippen molar-refractivity contribution in [3.05, 3.63) is 59.0 Å². The summed E-state index contributed by atoms with van der Waals surface area (Å²) in [5.41, 5.74) is 4.04. The van der Waals surface area contributed by atoms with E-state index in [0.717, 1.165) is 35.2 Å². The first kappa shape index (κ1) is 15.8. The van der Waals surface area contributed by atoms with Crippen molar-refractivity contribution < 1.29 is 14.6 Å². The first-order valence-corrected chi connectivity index (χ1v) is 8.35. The number of nitrogens with zero attached hydrogens (tertiary/aromatic N) is 3. The highest BCUT2D eigenvalue weighted by Gasteiger charge is 2.23. The number of ether oxygens (including phenoxy) is 1. The number of carboxylic acids is 1. The summed E-state index contributed by atoms with van der Waals surface area (Å²) in [5, 5.41) is 15.3. The van der Waals surface area contributed by atoms with Crippen LogP contribution in [-0.2, 0) is 11.2 Å². The Morgan fingerprint density at radius 3 is 3.04 bits per heavy atom. The molecule has 1 aromatic carbocycles. The fraction of sp³-hybridized carbons (Fsp3) is 0.316. The third-order valence-corrected chi connectivity index (χ3v) is 4.68. The zero-order valence-corrected chi connectivity index (χ0v) is 14.0. The van der Waals surface area contributed by atoms with Crippen LogP contribution in [0.5, 0.6) is 0 Å². The number of hydrogen-bond acceptors (Lipinski definition) is 4. The molecule has 0 spiro atoms.